The molecule has 0 spiro atoms. The highest BCUT2D eigenvalue weighted by atomic mass is 35.5. The first-order valence-electron chi connectivity index (χ1n) is 7.94. The summed E-state index contributed by atoms with van der Waals surface area (Å²) in [5.74, 6) is 0.526. The molecule has 6 heteroatoms. The summed E-state index contributed by atoms with van der Waals surface area (Å²) in [5.41, 5.74) is 1.35. The van der Waals surface area contributed by atoms with Crippen LogP contribution in [0.15, 0.2) is 42.6 Å². The Balaban J connectivity index is 1.58. The van der Waals surface area contributed by atoms with Crippen molar-refractivity contribution in [3.05, 3.63) is 58.9 Å². The maximum Gasteiger partial charge on any atom is 0.251 e. The Hall–Kier alpha value is -2.11. The van der Waals surface area contributed by atoms with Crippen LogP contribution in [-0.2, 0) is 6.54 Å². The lowest BCUT2D eigenvalue weighted by atomic mass is 10.1. The van der Waals surface area contributed by atoms with E-state index in [9.17, 15) is 4.79 Å². The van der Waals surface area contributed by atoms with E-state index in [0.717, 1.165) is 18.5 Å². The minimum Gasteiger partial charge on any atom is -0.490 e. The molecule has 1 aliphatic heterocycles. The third-order valence-electron chi connectivity index (χ3n) is 4.24. The van der Waals surface area contributed by atoms with Gasteiger partial charge in [0.15, 0.2) is 0 Å². The second kappa shape index (κ2) is 7.64. The van der Waals surface area contributed by atoms with Gasteiger partial charge in [-0.25, -0.2) is 4.98 Å². The van der Waals surface area contributed by atoms with Gasteiger partial charge in [-0.1, -0.05) is 29.8 Å². The van der Waals surface area contributed by atoms with Crippen molar-refractivity contribution < 1.29 is 9.53 Å². The smallest absolute Gasteiger partial charge is 0.251 e. The summed E-state index contributed by atoms with van der Waals surface area (Å²) in [6.45, 7) is 2.05. The zero-order valence-electron chi connectivity index (χ0n) is 13.5. The summed E-state index contributed by atoms with van der Waals surface area (Å²) >= 11 is 6.12. The van der Waals surface area contributed by atoms with Gasteiger partial charge in [0.05, 0.1) is 6.20 Å². The molecule has 0 bridgehead atoms. The molecule has 0 aliphatic carbocycles. The number of carbonyl (C=O) groups is 1. The van der Waals surface area contributed by atoms with E-state index in [-0.39, 0.29) is 5.91 Å². The highest BCUT2D eigenvalue weighted by molar-refractivity contribution is 6.30. The third-order valence-corrected chi connectivity index (χ3v) is 4.58. The van der Waals surface area contributed by atoms with Gasteiger partial charge in [-0.3, -0.25) is 9.69 Å². The molecule has 1 aromatic heterocycles. The lowest BCUT2D eigenvalue weighted by Gasteiger charge is -2.37. The van der Waals surface area contributed by atoms with Gasteiger partial charge in [0.1, 0.15) is 17.5 Å². The molecule has 5 nitrogen and oxygen atoms in total. The Morgan fingerprint density at radius 3 is 2.88 bits per heavy atom. The lowest BCUT2D eigenvalue weighted by molar-refractivity contribution is 0.0767. The molecule has 24 heavy (non-hydrogen) atoms. The van der Waals surface area contributed by atoms with Gasteiger partial charge >= 0.3 is 0 Å². The van der Waals surface area contributed by atoms with Gasteiger partial charge in [0, 0.05) is 23.7 Å². The van der Waals surface area contributed by atoms with E-state index in [4.69, 9.17) is 16.3 Å². The molecule has 0 saturated carbocycles. The number of likely N-dealkylation sites (tertiary alicyclic amines) is 1. The largest absolute Gasteiger partial charge is 0.490 e. The van der Waals surface area contributed by atoms with Gasteiger partial charge in [0.25, 0.3) is 5.91 Å². The molecule has 0 radical (unpaired) electrons. The lowest BCUT2D eigenvalue weighted by Crippen LogP contribution is -2.48. The minimum atomic E-state index is -0.144. The van der Waals surface area contributed by atoms with Crippen LogP contribution in [0.5, 0.6) is 5.75 Å². The first kappa shape index (κ1) is 16.7. The number of benzene rings is 1. The highest BCUT2D eigenvalue weighted by Gasteiger charge is 2.24. The molecule has 1 amide bonds. The zero-order chi connectivity index (χ0) is 16.9. The van der Waals surface area contributed by atoms with Gasteiger partial charge in [0.2, 0.25) is 0 Å². The Bertz CT molecular complexity index is 709. The minimum absolute atomic E-state index is 0.144. The van der Waals surface area contributed by atoms with Crippen molar-refractivity contribution in [2.45, 2.75) is 19.0 Å². The van der Waals surface area contributed by atoms with E-state index < -0.39 is 0 Å². The molecule has 3 rings (SSSR count). The van der Waals surface area contributed by atoms with Crippen LogP contribution in [-0.4, -0.2) is 42.0 Å². The van der Waals surface area contributed by atoms with Crippen molar-refractivity contribution in [2.75, 3.05) is 20.2 Å². The molecule has 1 atom stereocenters. The van der Waals surface area contributed by atoms with Crippen LogP contribution in [0.4, 0.5) is 0 Å². The third kappa shape index (κ3) is 4.04. The number of rotatable bonds is 6. The van der Waals surface area contributed by atoms with Crippen LogP contribution in [0.3, 0.4) is 0 Å². The molecule has 1 N–H and O–H groups in total. The molecule has 1 aromatic carbocycles. The summed E-state index contributed by atoms with van der Waals surface area (Å²) in [7, 11) is 2.09. The number of halogens is 1. The van der Waals surface area contributed by atoms with Crippen molar-refractivity contribution in [1.82, 2.24) is 15.2 Å². The molecule has 1 fully saturated rings. The van der Waals surface area contributed by atoms with E-state index >= 15 is 0 Å². The van der Waals surface area contributed by atoms with Crippen LogP contribution >= 0.6 is 11.6 Å². The highest BCUT2D eigenvalue weighted by Crippen LogP contribution is 2.21. The van der Waals surface area contributed by atoms with Gasteiger partial charge in [-0.15, -0.1) is 0 Å². The topological polar surface area (TPSA) is 54.5 Å². The van der Waals surface area contributed by atoms with Gasteiger partial charge in [-0.2, -0.15) is 0 Å². The zero-order valence-corrected chi connectivity index (χ0v) is 14.3. The summed E-state index contributed by atoms with van der Waals surface area (Å²) in [6, 6.07) is 11.4. The number of ether oxygens (including phenoxy) is 1. The molecular formula is C18H20ClN3O2. The monoisotopic (exact) mass is 345 g/mol. The molecule has 0 unspecified atom stereocenters. The fourth-order valence-corrected chi connectivity index (χ4v) is 2.68. The Morgan fingerprint density at radius 1 is 1.42 bits per heavy atom. The number of nitrogens with zero attached hydrogens (tertiary/aromatic N) is 2. The number of amides is 1. The first-order chi connectivity index (χ1) is 11.6. The maximum absolute atomic E-state index is 12.1. The van der Waals surface area contributed by atoms with Crippen molar-refractivity contribution in [3.63, 3.8) is 0 Å². The number of carbonyl (C=O) groups excluding carboxylic acids is 1. The van der Waals surface area contributed by atoms with E-state index in [1.807, 2.05) is 24.3 Å². The van der Waals surface area contributed by atoms with Crippen LogP contribution in [0.1, 0.15) is 22.3 Å². The fourth-order valence-electron chi connectivity index (χ4n) is 2.51. The number of nitrogens with one attached hydrogen (secondary N) is 1. The van der Waals surface area contributed by atoms with Crippen LogP contribution in [0, 0.1) is 0 Å². The van der Waals surface area contributed by atoms with E-state index in [1.165, 1.54) is 0 Å². The van der Waals surface area contributed by atoms with Gasteiger partial charge in [-0.05, 0) is 38.2 Å². The van der Waals surface area contributed by atoms with Crippen molar-refractivity contribution in [1.29, 1.82) is 0 Å². The molecular weight excluding hydrogens is 326 g/mol. The summed E-state index contributed by atoms with van der Waals surface area (Å²) in [5, 5.41) is 3.22. The molecule has 1 saturated heterocycles. The normalized spacial score (nSPS) is 17.2. The van der Waals surface area contributed by atoms with E-state index in [0.29, 0.717) is 35.7 Å². The number of aromatic nitrogens is 1. The second-order valence-electron chi connectivity index (χ2n) is 5.90. The summed E-state index contributed by atoms with van der Waals surface area (Å²) < 4.78 is 5.79. The van der Waals surface area contributed by atoms with Crippen LogP contribution in [0.2, 0.25) is 5.15 Å². The number of hydrogen-bond acceptors (Lipinski definition) is 4. The predicted molar refractivity (Wildman–Crippen MR) is 93.4 cm³/mol. The number of pyridine rings is 1. The average molecular weight is 346 g/mol. The Morgan fingerprint density at radius 2 is 2.21 bits per heavy atom. The van der Waals surface area contributed by atoms with E-state index in [1.54, 1.807) is 18.3 Å². The maximum atomic E-state index is 12.1. The molecule has 2 heterocycles. The Kier molecular flexibility index (Phi) is 5.33. The van der Waals surface area contributed by atoms with Crippen molar-refractivity contribution in [3.8, 4) is 5.75 Å². The van der Waals surface area contributed by atoms with Crippen molar-refractivity contribution in [2.24, 2.45) is 0 Å². The summed E-state index contributed by atoms with van der Waals surface area (Å²) in [4.78, 5) is 18.5. The summed E-state index contributed by atoms with van der Waals surface area (Å²) in [6.07, 6.45) is 2.76. The van der Waals surface area contributed by atoms with Crippen molar-refractivity contribution >= 4 is 17.5 Å². The average Bonchev–Trinajstić information content (AvgIpc) is 2.61. The quantitative estimate of drug-likeness (QED) is 0.818. The SMILES string of the molecule is CN1CC[C@H]1COc1cnc(Cl)c(CNC(=O)c2ccccc2)c1. The van der Waals surface area contributed by atoms with E-state index in [2.05, 4.69) is 22.2 Å². The van der Waals surface area contributed by atoms with Gasteiger partial charge < -0.3 is 10.1 Å². The Labute approximate surface area is 146 Å². The molecule has 126 valence electrons. The van der Waals surface area contributed by atoms with Crippen LogP contribution in [0.25, 0.3) is 0 Å². The number of hydrogen-bond donors (Lipinski definition) is 1. The standard InChI is InChI=1S/C18H20ClN3O2/c1-22-8-7-15(22)12-24-16-9-14(17(19)20-11-16)10-21-18(23)13-5-3-2-4-6-13/h2-6,9,11,15H,7-8,10,12H2,1H3,(H,21,23)/t15-/m0/s1. The predicted octanol–water partition coefficient (Wildman–Crippen LogP) is 2.75. The number of likely N-dealkylation sites (N-methyl/N-ethyl adjacent to an activating group) is 1. The van der Waals surface area contributed by atoms with Crippen LogP contribution < -0.4 is 10.1 Å². The molecule has 1 aliphatic rings. The first-order valence-corrected chi connectivity index (χ1v) is 8.32. The fraction of sp³-hybridized carbons (Fsp3) is 0.333. The second-order valence-corrected chi connectivity index (χ2v) is 6.26. The molecule has 2 aromatic rings.